The van der Waals surface area contributed by atoms with E-state index in [4.69, 9.17) is 21.1 Å². The predicted molar refractivity (Wildman–Crippen MR) is 124 cm³/mol. The summed E-state index contributed by atoms with van der Waals surface area (Å²) >= 11 is 5.96. The van der Waals surface area contributed by atoms with Crippen LogP contribution in [0.4, 0.5) is 5.69 Å². The zero-order valence-electron chi connectivity index (χ0n) is 17.6. The summed E-state index contributed by atoms with van der Waals surface area (Å²) in [6, 6.07) is 19.5. The molecule has 0 heterocycles. The third kappa shape index (κ3) is 5.72. The highest BCUT2D eigenvalue weighted by molar-refractivity contribution is 7.92. The van der Waals surface area contributed by atoms with E-state index in [2.05, 4.69) is 5.32 Å². The molecule has 0 aromatic heterocycles. The first kappa shape index (κ1) is 23.4. The molecule has 0 saturated carbocycles. The average molecular weight is 475 g/mol. The molecule has 9 heteroatoms. The molecule has 168 valence electrons. The molecule has 0 aliphatic carbocycles. The van der Waals surface area contributed by atoms with E-state index in [1.54, 1.807) is 55.6 Å². The number of hydrogen-bond donors (Lipinski definition) is 1. The van der Waals surface area contributed by atoms with Crippen molar-refractivity contribution >= 4 is 33.2 Å². The number of methoxy groups -OCH3 is 2. The van der Waals surface area contributed by atoms with E-state index >= 15 is 0 Å². The summed E-state index contributed by atoms with van der Waals surface area (Å²) in [6.07, 6.45) is 0. The molecule has 0 atom stereocenters. The quantitative estimate of drug-likeness (QED) is 0.509. The number of ether oxygens (including phenoxy) is 2. The molecular weight excluding hydrogens is 452 g/mol. The number of hydrogen-bond acceptors (Lipinski definition) is 5. The van der Waals surface area contributed by atoms with Gasteiger partial charge < -0.3 is 14.8 Å². The number of carbonyl (C=O) groups excluding carboxylic acids is 1. The van der Waals surface area contributed by atoms with Crippen LogP contribution in [0.1, 0.15) is 5.56 Å². The Morgan fingerprint density at radius 2 is 1.59 bits per heavy atom. The number of sulfonamides is 1. The van der Waals surface area contributed by atoms with Gasteiger partial charge in [0.15, 0.2) is 0 Å². The Morgan fingerprint density at radius 3 is 2.22 bits per heavy atom. The summed E-state index contributed by atoms with van der Waals surface area (Å²) < 4.78 is 38.1. The Bertz CT molecular complexity index is 1170. The topological polar surface area (TPSA) is 84.9 Å². The van der Waals surface area contributed by atoms with Crippen LogP contribution in [0, 0.1) is 0 Å². The van der Waals surface area contributed by atoms with E-state index in [0.29, 0.717) is 22.2 Å². The lowest BCUT2D eigenvalue weighted by atomic mass is 10.2. The molecule has 0 fully saturated rings. The van der Waals surface area contributed by atoms with Crippen LogP contribution in [0.15, 0.2) is 77.7 Å². The molecule has 7 nitrogen and oxygen atoms in total. The molecule has 1 N–H and O–H groups in total. The molecule has 0 aliphatic heterocycles. The number of carbonyl (C=O) groups is 1. The zero-order valence-corrected chi connectivity index (χ0v) is 19.2. The first-order chi connectivity index (χ1) is 15.3. The summed E-state index contributed by atoms with van der Waals surface area (Å²) in [6.45, 7) is -0.174. The Kier molecular flexibility index (Phi) is 7.61. The second kappa shape index (κ2) is 10.4. The number of halogens is 1. The van der Waals surface area contributed by atoms with Crippen molar-refractivity contribution < 1.29 is 22.7 Å². The average Bonchev–Trinajstić information content (AvgIpc) is 2.82. The molecule has 1 amide bonds. The van der Waals surface area contributed by atoms with Crippen LogP contribution in [-0.2, 0) is 21.4 Å². The van der Waals surface area contributed by atoms with Crippen molar-refractivity contribution in [3.8, 4) is 11.5 Å². The normalized spacial score (nSPS) is 11.0. The summed E-state index contributed by atoms with van der Waals surface area (Å²) in [4.78, 5) is 12.7. The summed E-state index contributed by atoms with van der Waals surface area (Å²) in [5.74, 6) is 0.736. The van der Waals surface area contributed by atoms with Crippen LogP contribution in [0.2, 0.25) is 5.02 Å². The maximum absolute atomic E-state index is 13.4. The molecule has 0 unspecified atom stereocenters. The number of rotatable bonds is 9. The third-order valence-electron chi connectivity index (χ3n) is 4.67. The van der Waals surface area contributed by atoms with E-state index in [1.807, 2.05) is 12.1 Å². The highest BCUT2D eigenvalue weighted by Crippen LogP contribution is 2.26. The van der Waals surface area contributed by atoms with E-state index in [1.165, 1.54) is 19.2 Å². The maximum atomic E-state index is 13.4. The smallest absolute Gasteiger partial charge is 0.264 e. The van der Waals surface area contributed by atoms with Crippen molar-refractivity contribution in [2.24, 2.45) is 0 Å². The van der Waals surface area contributed by atoms with E-state index in [9.17, 15) is 13.2 Å². The van der Waals surface area contributed by atoms with Gasteiger partial charge in [0, 0.05) is 11.6 Å². The summed E-state index contributed by atoms with van der Waals surface area (Å²) in [5.41, 5.74) is 1.15. The van der Waals surface area contributed by atoms with Crippen molar-refractivity contribution in [1.82, 2.24) is 5.32 Å². The standard InChI is InChI=1S/C23H23ClN2O5S/c1-30-20-10-12-22(13-11-20)32(28,29)26(19-8-6-18(24)7-9-19)16-23(27)25-15-17-4-3-5-21(14-17)31-2/h3-14H,15-16H2,1-2H3,(H,25,27). The van der Waals surface area contributed by atoms with Crippen molar-refractivity contribution in [3.63, 3.8) is 0 Å². The van der Waals surface area contributed by atoms with Gasteiger partial charge in [-0.25, -0.2) is 8.42 Å². The molecule has 0 aliphatic rings. The highest BCUT2D eigenvalue weighted by Gasteiger charge is 2.27. The molecule has 3 rings (SSSR count). The monoisotopic (exact) mass is 474 g/mol. The van der Waals surface area contributed by atoms with Gasteiger partial charge in [0.1, 0.15) is 18.0 Å². The van der Waals surface area contributed by atoms with Gasteiger partial charge in [-0.2, -0.15) is 0 Å². The number of amides is 1. The fraction of sp³-hybridized carbons (Fsp3) is 0.174. The summed E-state index contributed by atoms with van der Waals surface area (Å²) in [5, 5.41) is 3.21. The molecular formula is C23H23ClN2O5S. The van der Waals surface area contributed by atoms with Gasteiger partial charge in [-0.15, -0.1) is 0 Å². The predicted octanol–water partition coefficient (Wildman–Crippen LogP) is 3.87. The Morgan fingerprint density at radius 1 is 0.938 bits per heavy atom. The molecule has 0 spiro atoms. The van der Waals surface area contributed by atoms with Crippen LogP contribution in [-0.4, -0.2) is 35.1 Å². The van der Waals surface area contributed by atoms with Crippen LogP contribution in [0.25, 0.3) is 0 Å². The lowest BCUT2D eigenvalue weighted by molar-refractivity contribution is -0.119. The molecule has 0 bridgehead atoms. The summed E-state index contributed by atoms with van der Waals surface area (Å²) in [7, 11) is -0.969. The highest BCUT2D eigenvalue weighted by atomic mass is 35.5. The van der Waals surface area contributed by atoms with E-state index in [-0.39, 0.29) is 11.4 Å². The van der Waals surface area contributed by atoms with Gasteiger partial charge in [-0.05, 0) is 66.2 Å². The first-order valence-electron chi connectivity index (χ1n) is 9.65. The van der Waals surface area contributed by atoms with Gasteiger partial charge in [-0.3, -0.25) is 9.10 Å². The third-order valence-corrected chi connectivity index (χ3v) is 6.71. The SMILES string of the molecule is COc1ccc(S(=O)(=O)N(CC(=O)NCc2cccc(OC)c2)c2ccc(Cl)cc2)cc1. The fourth-order valence-corrected chi connectivity index (χ4v) is 4.51. The molecule has 3 aromatic carbocycles. The van der Waals surface area contributed by atoms with Gasteiger partial charge in [0.25, 0.3) is 10.0 Å². The minimum absolute atomic E-state index is 0.0360. The molecule has 0 saturated heterocycles. The fourth-order valence-electron chi connectivity index (χ4n) is 2.97. The van der Waals surface area contributed by atoms with Crippen LogP contribution >= 0.6 is 11.6 Å². The minimum atomic E-state index is -4.03. The maximum Gasteiger partial charge on any atom is 0.264 e. The molecule has 32 heavy (non-hydrogen) atoms. The minimum Gasteiger partial charge on any atom is -0.497 e. The van der Waals surface area contributed by atoms with Gasteiger partial charge in [-0.1, -0.05) is 23.7 Å². The second-order valence-electron chi connectivity index (χ2n) is 6.79. The lowest BCUT2D eigenvalue weighted by Gasteiger charge is -2.24. The zero-order chi connectivity index (χ0) is 23.1. The van der Waals surface area contributed by atoms with Crippen molar-refractivity contribution in [2.45, 2.75) is 11.4 Å². The van der Waals surface area contributed by atoms with Gasteiger partial charge >= 0.3 is 0 Å². The number of anilines is 1. The van der Waals surface area contributed by atoms with E-state index < -0.39 is 22.5 Å². The van der Waals surface area contributed by atoms with Crippen LogP contribution < -0.4 is 19.1 Å². The number of nitrogens with one attached hydrogen (secondary N) is 1. The lowest BCUT2D eigenvalue weighted by Crippen LogP contribution is -2.40. The Balaban J connectivity index is 1.83. The Hall–Kier alpha value is -3.23. The molecule has 0 radical (unpaired) electrons. The Labute approximate surface area is 192 Å². The largest absolute Gasteiger partial charge is 0.497 e. The van der Waals surface area contributed by atoms with Crippen molar-refractivity contribution in [2.75, 3.05) is 25.1 Å². The first-order valence-corrected chi connectivity index (χ1v) is 11.5. The van der Waals surface area contributed by atoms with Crippen LogP contribution in [0.3, 0.4) is 0 Å². The molecule has 3 aromatic rings. The van der Waals surface area contributed by atoms with Gasteiger partial charge in [0.2, 0.25) is 5.91 Å². The van der Waals surface area contributed by atoms with E-state index in [0.717, 1.165) is 9.87 Å². The van der Waals surface area contributed by atoms with Crippen molar-refractivity contribution in [3.05, 3.63) is 83.4 Å². The second-order valence-corrected chi connectivity index (χ2v) is 9.09. The van der Waals surface area contributed by atoms with Gasteiger partial charge in [0.05, 0.1) is 24.8 Å². The number of benzene rings is 3. The van der Waals surface area contributed by atoms with Crippen molar-refractivity contribution in [1.29, 1.82) is 0 Å². The number of nitrogens with zero attached hydrogens (tertiary/aromatic N) is 1. The van der Waals surface area contributed by atoms with Crippen LogP contribution in [0.5, 0.6) is 11.5 Å².